The molecule has 19 heavy (non-hydrogen) atoms. The highest BCUT2D eigenvalue weighted by Gasteiger charge is 2.62. The molecule has 0 atom stereocenters. The van der Waals surface area contributed by atoms with Gasteiger partial charge in [0.15, 0.2) is 0 Å². The van der Waals surface area contributed by atoms with Gasteiger partial charge in [0.25, 0.3) is 0 Å². The van der Waals surface area contributed by atoms with Gasteiger partial charge in [-0.05, 0) is 30.5 Å². The van der Waals surface area contributed by atoms with Crippen molar-refractivity contribution in [3.63, 3.8) is 0 Å². The van der Waals surface area contributed by atoms with E-state index in [0.717, 1.165) is 0 Å². The van der Waals surface area contributed by atoms with E-state index in [9.17, 15) is 18.0 Å². The Kier molecular flexibility index (Phi) is 3.54. The van der Waals surface area contributed by atoms with Crippen molar-refractivity contribution >= 4 is 5.97 Å². The lowest BCUT2D eigenvalue weighted by Gasteiger charge is -2.20. The van der Waals surface area contributed by atoms with Gasteiger partial charge in [-0.3, -0.25) is 5.32 Å². The van der Waals surface area contributed by atoms with E-state index in [2.05, 4.69) is 10.1 Å². The molecular formula is C13H14F3NO2. The molecule has 0 spiro atoms. The highest BCUT2D eigenvalue weighted by molar-refractivity contribution is 5.89. The Labute approximate surface area is 108 Å². The molecule has 1 aromatic carbocycles. The van der Waals surface area contributed by atoms with Crippen LogP contribution in [0.4, 0.5) is 13.2 Å². The van der Waals surface area contributed by atoms with E-state index in [0.29, 0.717) is 11.1 Å². The van der Waals surface area contributed by atoms with Crippen LogP contribution in [0.25, 0.3) is 0 Å². The minimum absolute atomic E-state index is 0.122. The van der Waals surface area contributed by atoms with E-state index in [1.165, 1.54) is 19.2 Å². The van der Waals surface area contributed by atoms with Crippen LogP contribution in [-0.4, -0.2) is 24.8 Å². The topological polar surface area (TPSA) is 38.3 Å². The second-order valence-corrected chi connectivity index (χ2v) is 4.62. The predicted octanol–water partition coefficient (Wildman–Crippen LogP) is 2.66. The van der Waals surface area contributed by atoms with Gasteiger partial charge in [0.2, 0.25) is 0 Å². The van der Waals surface area contributed by atoms with Gasteiger partial charge in [-0.2, -0.15) is 13.2 Å². The molecular weight excluding hydrogens is 259 g/mol. The summed E-state index contributed by atoms with van der Waals surface area (Å²) in [6.45, 7) is 0.126. The molecule has 6 heteroatoms. The maximum absolute atomic E-state index is 12.7. The molecule has 0 bridgehead atoms. The number of carbonyl (C=O) groups is 1. The van der Waals surface area contributed by atoms with Gasteiger partial charge in [-0.1, -0.05) is 12.1 Å². The Morgan fingerprint density at radius 2 is 1.89 bits per heavy atom. The molecule has 1 aromatic rings. The maximum atomic E-state index is 12.7. The highest BCUT2D eigenvalue weighted by atomic mass is 19.4. The number of ether oxygens (including phenoxy) is 1. The molecule has 1 aliphatic carbocycles. The average molecular weight is 273 g/mol. The molecule has 0 amide bonds. The van der Waals surface area contributed by atoms with Crippen molar-refractivity contribution in [1.82, 2.24) is 5.32 Å². The van der Waals surface area contributed by atoms with Gasteiger partial charge in [0.05, 0.1) is 12.7 Å². The zero-order chi connectivity index (χ0) is 14.1. The number of hydrogen-bond donors (Lipinski definition) is 1. The van der Waals surface area contributed by atoms with Gasteiger partial charge in [-0.15, -0.1) is 0 Å². The molecule has 3 nitrogen and oxygen atoms in total. The van der Waals surface area contributed by atoms with Gasteiger partial charge in [-0.25, -0.2) is 4.79 Å². The van der Waals surface area contributed by atoms with Gasteiger partial charge < -0.3 is 4.74 Å². The molecule has 1 saturated carbocycles. The van der Waals surface area contributed by atoms with E-state index in [1.807, 2.05) is 0 Å². The third kappa shape index (κ3) is 2.89. The minimum atomic E-state index is -4.21. The highest BCUT2D eigenvalue weighted by Crippen LogP contribution is 2.49. The molecule has 2 rings (SSSR count). The normalized spacial score (nSPS) is 17.1. The number of methoxy groups -OCH3 is 1. The Morgan fingerprint density at radius 1 is 1.32 bits per heavy atom. The standard InChI is InChI=1S/C13H14F3NO2/c1-19-11(18)10-4-2-9(3-5-10)8-17-12(6-7-12)13(14,15)16/h2-5,17H,6-8H2,1H3. The number of hydrogen-bond acceptors (Lipinski definition) is 3. The largest absolute Gasteiger partial charge is 0.465 e. The summed E-state index contributed by atoms with van der Waals surface area (Å²) in [5, 5.41) is 2.55. The monoisotopic (exact) mass is 273 g/mol. The summed E-state index contributed by atoms with van der Waals surface area (Å²) >= 11 is 0. The zero-order valence-corrected chi connectivity index (χ0v) is 10.4. The molecule has 0 unspecified atom stereocenters. The number of rotatable bonds is 4. The number of benzene rings is 1. The lowest BCUT2D eigenvalue weighted by Crippen LogP contribution is -2.44. The van der Waals surface area contributed by atoms with Crippen LogP contribution >= 0.6 is 0 Å². The Hall–Kier alpha value is -1.56. The van der Waals surface area contributed by atoms with Crippen molar-refractivity contribution in [3.8, 4) is 0 Å². The Balaban J connectivity index is 1.96. The van der Waals surface area contributed by atoms with Crippen LogP contribution in [0.3, 0.4) is 0 Å². The van der Waals surface area contributed by atoms with E-state index >= 15 is 0 Å². The summed E-state index contributed by atoms with van der Waals surface area (Å²) in [5.74, 6) is -0.464. The van der Waals surface area contributed by atoms with Crippen LogP contribution in [0.1, 0.15) is 28.8 Å². The van der Waals surface area contributed by atoms with Crippen LogP contribution in [0.5, 0.6) is 0 Å². The second-order valence-electron chi connectivity index (χ2n) is 4.62. The summed E-state index contributed by atoms with van der Waals surface area (Å²) in [6.07, 6.45) is -3.97. The molecule has 0 heterocycles. The van der Waals surface area contributed by atoms with E-state index < -0.39 is 17.7 Å². The van der Waals surface area contributed by atoms with Gasteiger partial charge in [0, 0.05) is 6.54 Å². The fourth-order valence-electron chi connectivity index (χ4n) is 1.83. The quantitative estimate of drug-likeness (QED) is 0.857. The van der Waals surface area contributed by atoms with Crippen LogP contribution < -0.4 is 5.32 Å². The summed E-state index contributed by atoms with van der Waals surface area (Å²) in [5.41, 5.74) is -0.639. The summed E-state index contributed by atoms with van der Waals surface area (Å²) in [4.78, 5) is 11.2. The molecule has 0 aliphatic heterocycles. The van der Waals surface area contributed by atoms with Crippen molar-refractivity contribution in [3.05, 3.63) is 35.4 Å². The number of esters is 1. The van der Waals surface area contributed by atoms with Crippen LogP contribution in [0, 0.1) is 0 Å². The van der Waals surface area contributed by atoms with Crippen molar-refractivity contribution in [1.29, 1.82) is 0 Å². The predicted molar refractivity (Wildman–Crippen MR) is 62.6 cm³/mol. The lowest BCUT2D eigenvalue weighted by molar-refractivity contribution is -0.166. The van der Waals surface area contributed by atoms with Crippen molar-refractivity contribution in [2.75, 3.05) is 7.11 Å². The number of alkyl halides is 3. The third-order valence-corrected chi connectivity index (χ3v) is 3.30. The lowest BCUT2D eigenvalue weighted by atomic mass is 10.1. The smallest absolute Gasteiger partial charge is 0.406 e. The maximum Gasteiger partial charge on any atom is 0.406 e. The first kappa shape index (κ1) is 13.9. The van der Waals surface area contributed by atoms with Gasteiger partial charge in [0.1, 0.15) is 5.54 Å². The fraction of sp³-hybridized carbons (Fsp3) is 0.462. The average Bonchev–Trinajstić information content (AvgIpc) is 3.16. The summed E-state index contributed by atoms with van der Waals surface area (Å²) in [7, 11) is 1.28. The SMILES string of the molecule is COC(=O)c1ccc(CNC2(C(F)(F)F)CC2)cc1. The first-order chi connectivity index (χ1) is 8.88. The number of halogens is 3. The van der Waals surface area contributed by atoms with Crippen molar-refractivity contribution in [2.24, 2.45) is 0 Å². The molecule has 0 aromatic heterocycles. The van der Waals surface area contributed by atoms with Gasteiger partial charge >= 0.3 is 12.1 Å². The first-order valence-electron chi connectivity index (χ1n) is 5.87. The summed E-state index contributed by atoms with van der Waals surface area (Å²) in [6, 6.07) is 6.31. The second kappa shape index (κ2) is 4.85. The number of nitrogens with one attached hydrogen (secondary N) is 1. The van der Waals surface area contributed by atoms with Crippen molar-refractivity contribution in [2.45, 2.75) is 31.1 Å². The number of carbonyl (C=O) groups excluding carboxylic acids is 1. The van der Waals surface area contributed by atoms with E-state index in [4.69, 9.17) is 0 Å². The molecule has 1 N–H and O–H groups in total. The summed E-state index contributed by atoms with van der Waals surface area (Å²) < 4.78 is 42.6. The van der Waals surface area contributed by atoms with Crippen LogP contribution in [-0.2, 0) is 11.3 Å². The Bertz CT molecular complexity index is 464. The third-order valence-electron chi connectivity index (χ3n) is 3.30. The Morgan fingerprint density at radius 3 is 2.32 bits per heavy atom. The van der Waals surface area contributed by atoms with E-state index in [-0.39, 0.29) is 19.4 Å². The van der Waals surface area contributed by atoms with Crippen LogP contribution in [0.2, 0.25) is 0 Å². The molecule has 104 valence electrons. The van der Waals surface area contributed by atoms with Crippen LogP contribution in [0.15, 0.2) is 24.3 Å². The molecule has 0 saturated heterocycles. The fourth-order valence-corrected chi connectivity index (χ4v) is 1.83. The zero-order valence-electron chi connectivity index (χ0n) is 10.4. The minimum Gasteiger partial charge on any atom is -0.465 e. The molecule has 1 aliphatic rings. The first-order valence-corrected chi connectivity index (χ1v) is 5.87. The van der Waals surface area contributed by atoms with E-state index in [1.54, 1.807) is 12.1 Å². The van der Waals surface area contributed by atoms with Crippen molar-refractivity contribution < 1.29 is 22.7 Å². The molecule has 0 radical (unpaired) electrons. The molecule has 1 fully saturated rings.